The van der Waals surface area contributed by atoms with Gasteiger partial charge in [0.25, 0.3) is 0 Å². The van der Waals surface area contributed by atoms with Gasteiger partial charge in [-0.2, -0.15) is 0 Å². The summed E-state index contributed by atoms with van der Waals surface area (Å²) in [6.07, 6.45) is 1.34. The SMILES string of the molecule is C=CC(=O)N(C)Cc1ccccc1N1CCOCC1. The lowest BCUT2D eigenvalue weighted by molar-refractivity contribution is -0.125. The van der Waals surface area contributed by atoms with Crippen LogP contribution in [-0.2, 0) is 16.1 Å². The van der Waals surface area contributed by atoms with Crippen molar-refractivity contribution in [3.05, 3.63) is 42.5 Å². The summed E-state index contributed by atoms with van der Waals surface area (Å²) in [5.74, 6) is -0.0585. The molecule has 0 radical (unpaired) electrons. The first-order valence-electron chi connectivity index (χ1n) is 6.50. The van der Waals surface area contributed by atoms with Crippen molar-refractivity contribution < 1.29 is 9.53 Å². The van der Waals surface area contributed by atoms with Crippen molar-refractivity contribution in [3.8, 4) is 0 Å². The van der Waals surface area contributed by atoms with E-state index in [1.54, 1.807) is 11.9 Å². The van der Waals surface area contributed by atoms with Crippen LogP contribution < -0.4 is 4.90 Å². The molecule has 0 saturated carbocycles. The fourth-order valence-corrected chi connectivity index (χ4v) is 2.25. The van der Waals surface area contributed by atoms with E-state index in [-0.39, 0.29) is 5.91 Å². The number of rotatable bonds is 4. The number of morpholine rings is 1. The molecule has 2 rings (SSSR count). The molecule has 4 nitrogen and oxygen atoms in total. The van der Waals surface area contributed by atoms with E-state index in [0.29, 0.717) is 6.54 Å². The first kappa shape index (κ1) is 13.6. The minimum Gasteiger partial charge on any atom is -0.378 e. The lowest BCUT2D eigenvalue weighted by Crippen LogP contribution is -2.37. The molecule has 0 aliphatic carbocycles. The zero-order valence-electron chi connectivity index (χ0n) is 11.3. The van der Waals surface area contributed by atoms with Crippen LogP contribution >= 0.6 is 0 Å². The van der Waals surface area contributed by atoms with Crippen LogP contribution in [0.2, 0.25) is 0 Å². The lowest BCUT2D eigenvalue weighted by Gasteiger charge is -2.31. The minimum absolute atomic E-state index is 0.0585. The molecule has 1 saturated heterocycles. The Kier molecular flexibility index (Phi) is 4.58. The standard InChI is InChI=1S/C15H20N2O2/c1-3-15(18)16(2)12-13-6-4-5-7-14(13)17-8-10-19-11-9-17/h3-7H,1,8-12H2,2H3. The van der Waals surface area contributed by atoms with Crippen molar-refractivity contribution in [2.45, 2.75) is 6.54 Å². The molecule has 0 aromatic heterocycles. The second kappa shape index (κ2) is 6.38. The van der Waals surface area contributed by atoms with Gasteiger partial charge in [-0.05, 0) is 17.7 Å². The summed E-state index contributed by atoms with van der Waals surface area (Å²) in [6, 6.07) is 8.21. The number of amides is 1. The Labute approximate surface area is 114 Å². The summed E-state index contributed by atoms with van der Waals surface area (Å²) >= 11 is 0. The highest BCUT2D eigenvalue weighted by Crippen LogP contribution is 2.22. The molecule has 102 valence electrons. The van der Waals surface area contributed by atoms with Crippen LogP contribution in [0.25, 0.3) is 0 Å². The monoisotopic (exact) mass is 260 g/mol. The first-order valence-corrected chi connectivity index (χ1v) is 6.50. The van der Waals surface area contributed by atoms with Crippen LogP contribution in [0.15, 0.2) is 36.9 Å². The molecular formula is C15H20N2O2. The molecule has 0 atom stereocenters. The molecule has 1 fully saturated rings. The minimum atomic E-state index is -0.0585. The summed E-state index contributed by atoms with van der Waals surface area (Å²) in [6.45, 7) is 7.43. The largest absolute Gasteiger partial charge is 0.378 e. The highest BCUT2D eigenvalue weighted by molar-refractivity contribution is 5.86. The molecule has 19 heavy (non-hydrogen) atoms. The highest BCUT2D eigenvalue weighted by Gasteiger charge is 2.15. The molecule has 1 heterocycles. The van der Waals surface area contributed by atoms with Gasteiger partial charge in [0, 0.05) is 32.4 Å². The predicted molar refractivity (Wildman–Crippen MR) is 76.1 cm³/mol. The average molecular weight is 260 g/mol. The van der Waals surface area contributed by atoms with E-state index in [9.17, 15) is 4.79 Å². The third-order valence-electron chi connectivity index (χ3n) is 3.30. The molecule has 1 aromatic carbocycles. The Morgan fingerprint density at radius 2 is 2.11 bits per heavy atom. The quantitative estimate of drug-likeness (QED) is 0.772. The number of carbonyl (C=O) groups is 1. The summed E-state index contributed by atoms with van der Waals surface area (Å²) in [7, 11) is 1.79. The van der Waals surface area contributed by atoms with Gasteiger partial charge < -0.3 is 14.5 Å². The van der Waals surface area contributed by atoms with Gasteiger partial charge in [0.1, 0.15) is 0 Å². The first-order chi connectivity index (χ1) is 9.22. The smallest absolute Gasteiger partial charge is 0.245 e. The number of hydrogen-bond donors (Lipinski definition) is 0. The van der Waals surface area contributed by atoms with Crippen molar-refractivity contribution in [2.75, 3.05) is 38.3 Å². The van der Waals surface area contributed by atoms with E-state index in [2.05, 4.69) is 23.6 Å². The predicted octanol–water partition coefficient (Wildman–Crippen LogP) is 1.67. The van der Waals surface area contributed by atoms with Crippen LogP contribution in [-0.4, -0.2) is 44.2 Å². The maximum atomic E-state index is 11.6. The van der Waals surface area contributed by atoms with E-state index in [4.69, 9.17) is 4.74 Å². The summed E-state index contributed by atoms with van der Waals surface area (Å²) in [5, 5.41) is 0. The molecule has 1 aliphatic rings. The fraction of sp³-hybridized carbons (Fsp3) is 0.400. The average Bonchev–Trinajstić information content (AvgIpc) is 2.47. The number of anilines is 1. The summed E-state index contributed by atoms with van der Waals surface area (Å²) in [4.78, 5) is 15.6. The number of hydrogen-bond acceptors (Lipinski definition) is 3. The van der Waals surface area contributed by atoms with Crippen LogP contribution in [0.5, 0.6) is 0 Å². The van der Waals surface area contributed by atoms with Gasteiger partial charge in [-0.25, -0.2) is 0 Å². The molecule has 0 bridgehead atoms. The molecule has 4 heteroatoms. The Morgan fingerprint density at radius 3 is 2.79 bits per heavy atom. The Hall–Kier alpha value is -1.81. The molecule has 1 aromatic rings. The van der Waals surface area contributed by atoms with E-state index >= 15 is 0 Å². The van der Waals surface area contributed by atoms with Gasteiger partial charge in [-0.1, -0.05) is 24.8 Å². The van der Waals surface area contributed by atoms with Crippen molar-refractivity contribution in [3.63, 3.8) is 0 Å². The lowest BCUT2D eigenvalue weighted by atomic mass is 10.1. The molecule has 0 spiro atoms. The Morgan fingerprint density at radius 1 is 1.42 bits per heavy atom. The maximum absolute atomic E-state index is 11.6. The topological polar surface area (TPSA) is 32.8 Å². The van der Waals surface area contributed by atoms with Crippen molar-refractivity contribution in [1.82, 2.24) is 4.90 Å². The van der Waals surface area contributed by atoms with E-state index in [0.717, 1.165) is 31.9 Å². The van der Waals surface area contributed by atoms with Gasteiger partial charge in [0.15, 0.2) is 0 Å². The van der Waals surface area contributed by atoms with E-state index in [1.165, 1.54) is 11.8 Å². The van der Waals surface area contributed by atoms with Crippen LogP contribution in [0.1, 0.15) is 5.56 Å². The number of nitrogens with zero attached hydrogens (tertiary/aromatic N) is 2. The Balaban J connectivity index is 2.15. The highest BCUT2D eigenvalue weighted by atomic mass is 16.5. The number of para-hydroxylation sites is 1. The zero-order valence-corrected chi connectivity index (χ0v) is 11.3. The van der Waals surface area contributed by atoms with E-state index < -0.39 is 0 Å². The molecule has 0 unspecified atom stereocenters. The molecule has 0 N–H and O–H groups in total. The number of carbonyl (C=O) groups excluding carboxylic acids is 1. The normalized spacial score (nSPS) is 15.1. The third-order valence-corrected chi connectivity index (χ3v) is 3.30. The van der Waals surface area contributed by atoms with Gasteiger partial charge in [0.2, 0.25) is 5.91 Å². The number of likely N-dealkylation sites (N-methyl/N-ethyl adjacent to an activating group) is 1. The van der Waals surface area contributed by atoms with Crippen molar-refractivity contribution in [1.29, 1.82) is 0 Å². The second-order valence-electron chi connectivity index (χ2n) is 4.63. The second-order valence-corrected chi connectivity index (χ2v) is 4.63. The summed E-state index contributed by atoms with van der Waals surface area (Å²) in [5.41, 5.74) is 2.34. The van der Waals surface area contributed by atoms with Crippen molar-refractivity contribution >= 4 is 11.6 Å². The van der Waals surface area contributed by atoms with Crippen LogP contribution in [0.3, 0.4) is 0 Å². The molecule has 1 aliphatic heterocycles. The molecule has 1 amide bonds. The molecular weight excluding hydrogens is 240 g/mol. The van der Waals surface area contributed by atoms with Gasteiger partial charge in [-0.15, -0.1) is 0 Å². The van der Waals surface area contributed by atoms with Crippen LogP contribution in [0.4, 0.5) is 5.69 Å². The maximum Gasteiger partial charge on any atom is 0.245 e. The van der Waals surface area contributed by atoms with Gasteiger partial charge in [-0.3, -0.25) is 4.79 Å². The summed E-state index contributed by atoms with van der Waals surface area (Å²) < 4.78 is 5.38. The number of benzene rings is 1. The van der Waals surface area contributed by atoms with E-state index in [1.807, 2.05) is 12.1 Å². The van der Waals surface area contributed by atoms with Gasteiger partial charge in [0.05, 0.1) is 13.2 Å². The fourth-order valence-electron chi connectivity index (χ4n) is 2.25. The van der Waals surface area contributed by atoms with Gasteiger partial charge >= 0.3 is 0 Å². The Bertz CT molecular complexity index is 453. The zero-order chi connectivity index (χ0) is 13.7. The van der Waals surface area contributed by atoms with Crippen LogP contribution in [0, 0.1) is 0 Å². The number of ether oxygens (including phenoxy) is 1. The third kappa shape index (κ3) is 3.35. The van der Waals surface area contributed by atoms with Crippen molar-refractivity contribution in [2.24, 2.45) is 0 Å².